The molecule has 4 heteroatoms. The summed E-state index contributed by atoms with van der Waals surface area (Å²) in [5.74, 6) is 1.65. The van der Waals surface area contributed by atoms with Gasteiger partial charge in [0.15, 0.2) is 5.82 Å². The van der Waals surface area contributed by atoms with Gasteiger partial charge in [0, 0.05) is 17.0 Å². The molecule has 0 bridgehead atoms. The standard InChI is InChI=1S/C17H23N3O/c1-11-10-14(7-8-16(11)21-4)17-19-12(2)15(6-5-9-18)13(3)20-17/h7-8,10H,5-6,9,18H2,1-4H3. The van der Waals surface area contributed by atoms with Crippen LogP contribution in [0.5, 0.6) is 5.75 Å². The average Bonchev–Trinajstić information content (AvgIpc) is 2.46. The molecule has 0 amide bonds. The first-order chi connectivity index (χ1) is 10.1. The molecule has 2 aromatic rings. The molecule has 0 unspecified atom stereocenters. The van der Waals surface area contributed by atoms with Gasteiger partial charge in [0.05, 0.1) is 7.11 Å². The first-order valence-electron chi connectivity index (χ1n) is 7.26. The lowest BCUT2D eigenvalue weighted by atomic mass is 10.1. The maximum Gasteiger partial charge on any atom is 0.159 e. The molecule has 0 saturated heterocycles. The summed E-state index contributed by atoms with van der Waals surface area (Å²) in [5, 5.41) is 0. The molecule has 2 rings (SSSR count). The Kier molecular flexibility index (Phi) is 4.91. The van der Waals surface area contributed by atoms with Crippen molar-refractivity contribution in [1.29, 1.82) is 0 Å². The number of nitrogens with two attached hydrogens (primary N) is 1. The third-order valence-corrected chi connectivity index (χ3v) is 3.70. The van der Waals surface area contributed by atoms with E-state index in [1.54, 1.807) is 7.11 Å². The number of hydrogen-bond acceptors (Lipinski definition) is 4. The quantitative estimate of drug-likeness (QED) is 0.917. The first-order valence-corrected chi connectivity index (χ1v) is 7.26. The van der Waals surface area contributed by atoms with Gasteiger partial charge in [-0.3, -0.25) is 0 Å². The van der Waals surface area contributed by atoms with Crippen LogP contribution in [0.3, 0.4) is 0 Å². The predicted molar refractivity (Wildman–Crippen MR) is 85.6 cm³/mol. The summed E-state index contributed by atoms with van der Waals surface area (Å²) >= 11 is 0. The molecule has 0 aliphatic carbocycles. The zero-order valence-corrected chi connectivity index (χ0v) is 13.2. The normalized spacial score (nSPS) is 10.7. The van der Waals surface area contributed by atoms with Gasteiger partial charge in [0.2, 0.25) is 0 Å². The Morgan fingerprint density at radius 2 is 1.76 bits per heavy atom. The zero-order chi connectivity index (χ0) is 15.4. The largest absolute Gasteiger partial charge is 0.496 e. The van der Waals surface area contributed by atoms with Crippen molar-refractivity contribution < 1.29 is 4.74 Å². The summed E-state index contributed by atoms with van der Waals surface area (Å²) in [6.45, 7) is 6.80. The van der Waals surface area contributed by atoms with Gasteiger partial charge in [0.25, 0.3) is 0 Å². The molecule has 0 atom stereocenters. The first kappa shape index (κ1) is 15.4. The van der Waals surface area contributed by atoms with E-state index in [2.05, 4.69) is 16.0 Å². The monoisotopic (exact) mass is 285 g/mol. The molecular weight excluding hydrogens is 262 g/mol. The Morgan fingerprint density at radius 3 is 2.29 bits per heavy atom. The molecule has 1 heterocycles. The minimum atomic E-state index is 0.693. The van der Waals surface area contributed by atoms with Gasteiger partial charge < -0.3 is 10.5 Å². The molecule has 0 aliphatic rings. The van der Waals surface area contributed by atoms with Crippen molar-refractivity contribution in [2.75, 3.05) is 13.7 Å². The van der Waals surface area contributed by atoms with Gasteiger partial charge in [-0.15, -0.1) is 0 Å². The highest BCUT2D eigenvalue weighted by Crippen LogP contribution is 2.25. The minimum Gasteiger partial charge on any atom is -0.496 e. The van der Waals surface area contributed by atoms with Crippen LogP contribution in [0.2, 0.25) is 0 Å². The van der Waals surface area contributed by atoms with Crippen LogP contribution < -0.4 is 10.5 Å². The van der Waals surface area contributed by atoms with Crippen molar-refractivity contribution in [3.8, 4) is 17.1 Å². The Balaban J connectivity index is 2.39. The van der Waals surface area contributed by atoms with Crippen molar-refractivity contribution >= 4 is 0 Å². The summed E-state index contributed by atoms with van der Waals surface area (Å²) < 4.78 is 5.29. The predicted octanol–water partition coefficient (Wildman–Crippen LogP) is 2.97. The lowest BCUT2D eigenvalue weighted by molar-refractivity contribution is 0.412. The number of ether oxygens (including phenoxy) is 1. The SMILES string of the molecule is COc1ccc(-c2nc(C)c(CCCN)c(C)n2)cc1C. The van der Waals surface area contributed by atoms with Crippen LogP contribution in [0.4, 0.5) is 0 Å². The summed E-state index contributed by atoms with van der Waals surface area (Å²) in [6, 6.07) is 6.02. The molecule has 0 saturated carbocycles. The molecule has 0 fully saturated rings. The van der Waals surface area contributed by atoms with E-state index in [-0.39, 0.29) is 0 Å². The van der Waals surface area contributed by atoms with Crippen LogP contribution in [0.1, 0.15) is 28.9 Å². The van der Waals surface area contributed by atoms with Crippen molar-refractivity contribution in [1.82, 2.24) is 9.97 Å². The Bertz CT molecular complexity index is 615. The smallest absolute Gasteiger partial charge is 0.159 e. The summed E-state index contributed by atoms with van der Waals surface area (Å²) in [6.07, 6.45) is 1.90. The molecule has 1 aromatic heterocycles. The van der Waals surface area contributed by atoms with Crippen LogP contribution in [0, 0.1) is 20.8 Å². The maximum absolute atomic E-state index is 5.59. The van der Waals surface area contributed by atoms with E-state index < -0.39 is 0 Å². The Morgan fingerprint density at radius 1 is 1.10 bits per heavy atom. The van der Waals surface area contributed by atoms with E-state index in [1.807, 2.05) is 32.9 Å². The molecule has 4 nitrogen and oxygen atoms in total. The van der Waals surface area contributed by atoms with Crippen LogP contribution in [0.15, 0.2) is 18.2 Å². The third-order valence-electron chi connectivity index (χ3n) is 3.70. The lowest BCUT2D eigenvalue weighted by Gasteiger charge is -2.12. The van der Waals surface area contributed by atoms with Crippen LogP contribution in [0.25, 0.3) is 11.4 Å². The fraction of sp³-hybridized carbons (Fsp3) is 0.412. The van der Waals surface area contributed by atoms with E-state index >= 15 is 0 Å². The zero-order valence-electron chi connectivity index (χ0n) is 13.2. The van der Waals surface area contributed by atoms with Crippen molar-refractivity contribution in [2.24, 2.45) is 5.73 Å². The number of methoxy groups -OCH3 is 1. The van der Waals surface area contributed by atoms with E-state index in [0.29, 0.717) is 6.54 Å². The van der Waals surface area contributed by atoms with Crippen LogP contribution >= 0.6 is 0 Å². The third kappa shape index (κ3) is 3.39. The molecule has 0 aliphatic heterocycles. The summed E-state index contributed by atoms with van der Waals surface area (Å²) in [7, 11) is 1.68. The fourth-order valence-electron chi connectivity index (χ4n) is 2.53. The second kappa shape index (κ2) is 6.68. The summed E-state index contributed by atoms with van der Waals surface area (Å²) in [4.78, 5) is 9.32. The number of aromatic nitrogens is 2. The second-order valence-corrected chi connectivity index (χ2v) is 5.27. The second-order valence-electron chi connectivity index (χ2n) is 5.27. The number of benzene rings is 1. The molecular formula is C17H23N3O. The molecule has 0 spiro atoms. The Labute approximate surface area is 126 Å². The fourth-order valence-corrected chi connectivity index (χ4v) is 2.53. The average molecular weight is 285 g/mol. The van der Waals surface area contributed by atoms with Gasteiger partial charge in [-0.1, -0.05) is 0 Å². The lowest BCUT2D eigenvalue weighted by Crippen LogP contribution is -2.06. The number of nitrogens with zero attached hydrogens (tertiary/aromatic N) is 2. The van der Waals surface area contributed by atoms with E-state index in [4.69, 9.17) is 10.5 Å². The van der Waals surface area contributed by atoms with Crippen molar-refractivity contribution in [2.45, 2.75) is 33.6 Å². The van der Waals surface area contributed by atoms with Crippen LogP contribution in [-0.4, -0.2) is 23.6 Å². The minimum absolute atomic E-state index is 0.693. The van der Waals surface area contributed by atoms with Gasteiger partial charge in [0.1, 0.15) is 5.75 Å². The Hall–Kier alpha value is -1.94. The van der Waals surface area contributed by atoms with Crippen molar-refractivity contribution in [3.63, 3.8) is 0 Å². The van der Waals surface area contributed by atoms with E-state index in [0.717, 1.165) is 46.9 Å². The molecule has 21 heavy (non-hydrogen) atoms. The number of hydrogen-bond donors (Lipinski definition) is 1. The van der Waals surface area contributed by atoms with E-state index in [9.17, 15) is 0 Å². The van der Waals surface area contributed by atoms with Crippen molar-refractivity contribution in [3.05, 3.63) is 40.7 Å². The highest BCUT2D eigenvalue weighted by molar-refractivity contribution is 5.59. The van der Waals surface area contributed by atoms with Gasteiger partial charge >= 0.3 is 0 Å². The summed E-state index contributed by atoms with van der Waals surface area (Å²) in [5.41, 5.74) is 11.0. The number of aryl methyl sites for hydroxylation is 3. The maximum atomic E-state index is 5.59. The van der Waals surface area contributed by atoms with Gasteiger partial charge in [-0.2, -0.15) is 0 Å². The van der Waals surface area contributed by atoms with Gasteiger partial charge in [-0.05, 0) is 69.5 Å². The topological polar surface area (TPSA) is 61.0 Å². The molecule has 2 N–H and O–H groups in total. The number of rotatable bonds is 5. The molecule has 112 valence electrons. The highest BCUT2D eigenvalue weighted by Gasteiger charge is 2.10. The van der Waals surface area contributed by atoms with Gasteiger partial charge in [-0.25, -0.2) is 9.97 Å². The molecule has 0 radical (unpaired) electrons. The highest BCUT2D eigenvalue weighted by atomic mass is 16.5. The van der Waals surface area contributed by atoms with Crippen LogP contribution in [-0.2, 0) is 6.42 Å². The van der Waals surface area contributed by atoms with E-state index in [1.165, 1.54) is 5.56 Å². The molecule has 1 aromatic carbocycles.